The van der Waals surface area contributed by atoms with Crippen molar-refractivity contribution >= 4 is 12.0 Å². The van der Waals surface area contributed by atoms with Gasteiger partial charge in [-0.15, -0.1) is 0 Å². The molecule has 0 aliphatic heterocycles. The van der Waals surface area contributed by atoms with Gasteiger partial charge in [0, 0.05) is 6.08 Å². The van der Waals surface area contributed by atoms with E-state index in [9.17, 15) is 9.90 Å². The van der Waals surface area contributed by atoms with Crippen LogP contribution < -0.4 is 4.74 Å². The van der Waals surface area contributed by atoms with E-state index in [1.54, 1.807) is 18.2 Å². The van der Waals surface area contributed by atoms with Gasteiger partial charge in [-0.1, -0.05) is 36.4 Å². The number of phenolic OH excluding ortho intramolecular Hbond substituents is 1. The molecular weight excluding hydrogens is 292 g/mol. The number of carbonyl (C=O) groups is 1. The van der Waals surface area contributed by atoms with Crippen LogP contribution in [0.5, 0.6) is 11.5 Å². The molecule has 0 aliphatic carbocycles. The number of esters is 1. The van der Waals surface area contributed by atoms with Gasteiger partial charge in [0.1, 0.15) is 0 Å². The lowest BCUT2D eigenvalue weighted by Crippen LogP contribution is -2.03. The minimum atomic E-state index is -0.395. The molecule has 0 heterocycles. The first-order valence-electron chi connectivity index (χ1n) is 7.45. The SMILES string of the molecule is COc1ccc(/C=C/C(=O)OCCCc2ccccc2)cc1O. The summed E-state index contributed by atoms with van der Waals surface area (Å²) < 4.78 is 10.1. The molecule has 4 nitrogen and oxygen atoms in total. The fourth-order valence-corrected chi connectivity index (χ4v) is 2.12. The first-order valence-corrected chi connectivity index (χ1v) is 7.45. The molecule has 0 unspecified atom stereocenters. The molecule has 0 aromatic heterocycles. The molecule has 2 aromatic carbocycles. The predicted molar refractivity (Wildman–Crippen MR) is 89.4 cm³/mol. The van der Waals surface area contributed by atoms with Gasteiger partial charge in [-0.05, 0) is 42.2 Å². The topological polar surface area (TPSA) is 55.8 Å². The molecule has 0 saturated heterocycles. The van der Waals surface area contributed by atoms with E-state index in [4.69, 9.17) is 9.47 Å². The first kappa shape index (κ1) is 16.6. The lowest BCUT2D eigenvalue weighted by atomic mass is 10.1. The molecule has 0 spiro atoms. The third kappa shape index (κ3) is 5.51. The van der Waals surface area contributed by atoms with Gasteiger partial charge in [0.2, 0.25) is 0 Å². The van der Waals surface area contributed by atoms with E-state index < -0.39 is 5.97 Å². The Morgan fingerprint density at radius 1 is 1.17 bits per heavy atom. The molecule has 2 rings (SSSR count). The van der Waals surface area contributed by atoms with Gasteiger partial charge < -0.3 is 14.6 Å². The molecule has 0 aliphatic rings. The van der Waals surface area contributed by atoms with Gasteiger partial charge in [-0.3, -0.25) is 0 Å². The fourth-order valence-electron chi connectivity index (χ4n) is 2.12. The Hall–Kier alpha value is -2.75. The summed E-state index contributed by atoms with van der Waals surface area (Å²) in [5, 5.41) is 9.66. The number of rotatable bonds is 7. The normalized spacial score (nSPS) is 10.7. The zero-order valence-electron chi connectivity index (χ0n) is 13.1. The van der Waals surface area contributed by atoms with Crippen molar-refractivity contribution in [2.24, 2.45) is 0 Å². The van der Waals surface area contributed by atoms with Crippen molar-refractivity contribution in [3.8, 4) is 11.5 Å². The molecule has 2 aromatic rings. The van der Waals surface area contributed by atoms with Gasteiger partial charge in [0.25, 0.3) is 0 Å². The number of methoxy groups -OCH3 is 1. The van der Waals surface area contributed by atoms with E-state index in [1.807, 2.05) is 18.2 Å². The maximum Gasteiger partial charge on any atom is 0.330 e. The van der Waals surface area contributed by atoms with E-state index >= 15 is 0 Å². The second-order valence-electron chi connectivity index (χ2n) is 5.02. The Morgan fingerprint density at radius 2 is 1.96 bits per heavy atom. The third-order valence-electron chi connectivity index (χ3n) is 3.31. The number of hydrogen-bond donors (Lipinski definition) is 1. The van der Waals surface area contributed by atoms with Crippen molar-refractivity contribution in [2.75, 3.05) is 13.7 Å². The van der Waals surface area contributed by atoms with E-state index in [0.29, 0.717) is 17.9 Å². The van der Waals surface area contributed by atoms with Crippen molar-refractivity contribution in [3.63, 3.8) is 0 Å². The van der Waals surface area contributed by atoms with Crippen molar-refractivity contribution in [1.29, 1.82) is 0 Å². The molecular formula is C19H20O4. The molecule has 120 valence electrons. The number of benzene rings is 2. The Labute approximate surface area is 136 Å². The summed E-state index contributed by atoms with van der Waals surface area (Å²) >= 11 is 0. The van der Waals surface area contributed by atoms with Gasteiger partial charge in [0.05, 0.1) is 13.7 Å². The summed E-state index contributed by atoms with van der Waals surface area (Å²) in [6, 6.07) is 15.0. The average molecular weight is 312 g/mol. The summed E-state index contributed by atoms with van der Waals surface area (Å²) in [5.41, 5.74) is 1.93. The second kappa shape index (κ2) is 8.63. The van der Waals surface area contributed by atoms with Crippen LogP contribution in [-0.4, -0.2) is 24.8 Å². The fraction of sp³-hybridized carbons (Fsp3) is 0.211. The number of aryl methyl sites for hydroxylation is 1. The van der Waals surface area contributed by atoms with Crippen molar-refractivity contribution in [3.05, 3.63) is 65.7 Å². The minimum Gasteiger partial charge on any atom is -0.504 e. The van der Waals surface area contributed by atoms with Crippen LogP contribution in [0.3, 0.4) is 0 Å². The Bertz CT molecular complexity index is 662. The number of hydrogen-bond acceptors (Lipinski definition) is 4. The Kier molecular flexibility index (Phi) is 6.24. The molecule has 0 saturated carbocycles. The van der Waals surface area contributed by atoms with Gasteiger partial charge in [-0.25, -0.2) is 4.79 Å². The van der Waals surface area contributed by atoms with Crippen LogP contribution in [0.2, 0.25) is 0 Å². The Morgan fingerprint density at radius 3 is 2.65 bits per heavy atom. The number of aromatic hydroxyl groups is 1. The summed E-state index contributed by atoms with van der Waals surface area (Å²) in [5.74, 6) is 0.0323. The minimum absolute atomic E-state index is 0.0332. The van der Waals surface area contributed by atoms with E-state index in [2.05, 4.69) is 12.1 Å². The maximum absolute atomic E-state index is 11.6. The molecule has 0 radical (unpaired) electrons. The van der Waals surface area contributed by atoms with Crippen LogP contribution in [0.25, 0.3) is 6.08 Å². The largest absolute Gasteiger partial charge is 0.504 e. The average Bonchev–Trinajstić information content (AvgIpc) is 2.58. The molecule has 0 bridgehead atoms. The Balaban J connectivity index is 1.75. The number of ether oxygens (including phenoxy) is 2. The van der Waals surface area contributed by atoms with Crippen LogP contribution in [0, 0.1) is 0 Å². The van der Waals surface area contributed by atoms with Crippen LogP contribution in [0.4, 0.5) is 0 Å². The molecule has 0 fully saturated rings. The highest BCUT2D eigenvalue weighted by atomic mass is 16.5. The van der Waals surface area contributed by atoms with Crippen LogP contribution in [0.1, 0.15) is 17.5 Å². The predicted octanol–water partition coefficient (Wildman–Crippen LogP) is 3.59. The molecule has 0 amide bonds. The molecule has 1 N–H and O–H groups in total. The summed E-state index contributed by atoms with van der Waals surface area (Å²) in [6.45, 7) is 0.381. The van der Waals surface area contributed by atoms with E-state index in [0.717, 1.165) is 12.8 Å². The summed E-state index contributed by atoms with van der Waals surface area (Å²) in [7, 11) is 1.48. The van der Waals surface area contributed by atoms with Crippen LogP contribution in [0.15, 0.2) is 54.6 Å². The van der Waals surface area contributed by atoms with Crippen molar-refractivity contribution < 1.29 is 19.4 Å². The summed E-state index contributed by atoms with van der Waals surface area (Å²) in [6.07, 6.45) is 4.61. The smallest absolute Gasteiger partial charge is 0.330 e. The highest BCUT2D eigenvalue weighted by Crippen LogP contribution is 2.26. The highest BCUT2D eigenvalue weighted by molar-refractivity contribution is 5.87. The quantitative estimate of drug-likeness (QED) is 0.482. The highest BCUT2D eigenvalue weighted by Gasteiger charge is 2.02. The van der Waals surface area contributed by atoms with Crippen LogP contribution >= 0.6 is 0 Å². The number of phenols is 1. The van der Waals surface area contributed by atoms with Gasteiger partial charge in [-0.2, -0.15) is 0 Å². The lowest BCUT2D eigenvalue weighted by molar-refractivity contribution is -0.137. The third-order valence-corrected chi connectivity index (χ3v) is 3.31. The number of carbonyl (C=O) groups excluding carboxylic acids is 1. The molecule has 0 atom stereocenters. The molecule has 23 heavy (non-hydrogen) atoms. The van der Waals surface area contributed by atoms with E-state index in [1.165, 1.54) is 24.8 Å². The van der Waals surface area contributed by atoms with Gasteiger partial charge >= 0.3 is 5.97 Å². The zero-order chi connectivity index (χ0) is 16.5. The second-order valence-corrected chi connectivity index (χ2v) is 5.02. The molecule has 4 heteroatoms. The van der Waals surface area contributed by atoms with Gasteiger partial charge in [0.15, 0.2) is 11.5 Å². The van der Waals surface area contributed by atoms with Crippen molar-refractivity contribution in [2.45, 2.75) is 12.8 Å². The first-order chi connectivity index (χ1) is 11.2. The monoisotopic (exact) mass is 312 g/mol. The lowest BCUT2D eigenvalue weighted by Gasteiger charge is -2.04. The zero-order valence-corrected chi connectivity index (χ0v) is 13.1. The van der Waals surface area contributed by atoms with E-state index in [-0.39, 0.29) is 5.75 Å². The summed E-state index contributed by atoms with van der Waals surface area (Å²) in [4.78, 5) is 11.6. The standard InChI is InChI=1S/C19H20O4/c1-22-18-11-9-16(14-17(18)20)10-12-19(21)23-13-5-8-15-6-3-2-4-7-15/h2-4,6-7,9-12,14,20H,5,8,13H2,1H3/b12-10+. The van der Waals surface area contributed by atoms with Crippen molar-refractivity contribution in [1.82, 2.24) is 0 Å². The maximum atomic E-state index is 11.6. The van der Waals surface area contributed by atoms with Crippen LogP contribution in [-0.2, 0) is 16.0 Å².